The van der Waals surface area contributed by atoms with Crippen molar-refractivity contribution in [1.29, 1.82) is 0 Å². The Morgan fingerprint density at radius 2 is 1.83 bits per heavy atom. The quantitative estimate of drug-likeness (QED) is 0.646. The van der Waals surface area contributed by atoms with Gasteiger partial charge in [0.25, 0.3) is 15.9 Å². The number of hydrogen-bond acceptors (Lipinski definition) is 7. The molecular formula is C21H17N3O5S. The molecule has 3 aromatic rings. The molecule has 9 heteroatoms. The van der Waals surface area contributed by atoms with Crippen LogP contribution in [0.1, 0.15) is 12.5 Å². The van der Waals surface area contributed by atoms with E-state index in [4.69, 9.17) is 4.74 Å². The number of amides is 1. The molecule has 152 valence electrons. The zero-order chi connectivity index (χ0) is 21.5. The van der Waals surface area contributed by atoms with Gasteiger partial charge in [0.2, 0.25) is 0 Å². The highest BCUT2D eigenvalue weighted by atomic mass is 32.2. The van der Waals surface area contributed by atoms with Gasteiger partial charge in [-0.3, -0.25) is 9.78 Å². The van der Waals surface area contributed by atoms with Gasteiger partial charge in [0.05, 0.1) is 23.3 Å². The van der Waals surface area contributed by atoms with E-state index in [1.807, 2.05) is 0 Å². The maximum Gasteiger partial charge on any atom is 0.290 e. The zero-order valence-electron chi connectivity index (χ0n) is 16.1. The van der Waals surface area contributed by atoms with Crippen LogP contribution in [0.15, 0.2) is 70.3 Å². The van der Waals surface area contributed by atoms with Crippen molar-refractivity contribution in [3.8, 4) is 11.5 Å². The van der Waals surface area contributed by atoms with E-state index >= 15 is 0 Å². The van der Waals surface area contributed by atoms with Crippen LogP contribution in [0.5, 0.6) is 11.5 Å². The molecule has 1 aliphatic rings. The monoisotopic (exact) mass is 423 g/mol. The van der Waals surface area contributed by atoms with Crippen molar-refractivity contribution >= 4 is 38.6 Å². The number of carbonyl (C=O) groups excluding carboxylic acids is 1. The fourth-order valence-electron chi connectivity index (χ4n) is 3.14. The van der Waals surface area contributed by atoms with Crippen molar-refractivity contribution in [3.63, 3.8) is 0 Å². The van der Waals surface area contributed by atoms with Crippen LogP contribution < -0.4 is 4.74 Å². The van der Waals surface area contributed by atoms with Crippen LogP contribution in [0.25, 0.3) is 17.0 Å². The van der Waals surface area contributed by atoms with Gasteiger partial charge in [-0.1, -0.05) is 12.1 Å². The third-order valence-corrected chi connectivity index (χ3v) is 6.29. The Morgan fingerprint density at radius 1 is 1.10 bits per heavy atom. The topological polar surface area (TPSA) is 109 Å². The number of aromatic nitrogens is 1. The number of phenolic OH excluding ortho intramolecular Hbond substituents is 1. The first kappa shape index (κ1) is 19.6. The van der Waals surface area contributed by atoms with Crippen LogP contribution in [-0.2, 0) is 14.8 Å². The van der Waals surface area contributed by atoms with Gasteiger partial charge in [-0.15, -0.1) is 4.41 Å². The van der Waals surface area contributed by atoms with Gasteiger partial charge in [0.15, 0.2) is 0 Å². The summed E-state index contributed by atoms with van der Waals surface area (Å²) in [6.07, 6.45) is 3.02. The van der Waals surface area contributed by atoms with Crippen LogP contribution >= 0.6 is 0 Å². The molecule has 1 aliphatic heterocycles. The Labute approximate surface area is 172 Å². The summed E-state index contributed by atoms with van der Waals surface area (Å²) >= 11 is 0. The first-order valence-corrected chi connectivity index (χ1v) is 10.3. The number of rotatable bonds is 4. The lowest BCUT2D eigenvalue weighted by molar-refractivity contribution is -0.121. The van der Waals surface area contributed by atoms with Crippen molar-refractivity contribution in [3.05, 3.63) is 65.9 Å². The van der Waals surface area contributed by atoms with E-state index in [0.717, 1.165) is 0 Å². The Morgan fingerprint density at radius 3 is 2.53 bits per heavy atom. The molecule has 0 unspecified atom stereocenters. The second-order valence-corrected chi connectivity index (χ2v) is 8.29. The van der Waals surface area contributed by atoms with E-state index in [2.05, 4.69) is 10.1 Å². The first-order chi connectivity index (χ1) is 14.3. The van der Waals surface area contributed by atoms with Gasteiger partial charge in [-0.2, -0.15) is 13.5 Å². The van der Waals surface area contributed by atoms with Crippen molar-refractivity contribution in [2.75, 3.05) is 7.11 Å². The number of hydrogen-bond donors (Lipinski definition) is 1. The van der Waals surface area contributed by atoms with E-state index in [-0.39, 0.29) is 32.8 Å². The lowest BCUT2D eigenvalue weighted by Gasteiger charge is -2.14. The minimum atomic E-state index is -4.32. The second-order valence-electron chi connectivity index (χ2n) is 6.55. The third-order valence-electron chi connectivity index (χ3n) is 4.68. The SMILES string of the molecule is COc1ccc(/C=C2/C(=O)N(S(=O)(=O)c3ccc(O)c4ncccc34)N=C2C)cc1. The van der Waals surface area contributed by atoms with Crippen LogP contribution in [0.2, 0.25) is 0 Å². The van der Waals surface area contributed by atoms with Crippen molar-refractivity contribution < 1.29 is 23.1 Å². The average molecular weight is 423 g/mol. The minimum Gasteiger partial charge on any atom is -0.506 e. The summed E-state index contributed by atoms with van der Waals surface area (Å²) in [7, 11) is -2.76. The molecule has 0 saturated heterocycles. The number of hydrazone groups is 1. The molecule has 2 aromatic carbocycles. The van der Waals surface area contributed by atoms with Gasteiger partial charge in [0, 0.05) is 11.6 Å². The first-order valence-electron chi connectivity index (χ1n) is 8.90. The second kappa shape index (κ2) is 7.27. The minimum absolute atomic E-state index is 0.125. The number of fused-ring (bicyclic) bond motifs is 1. The summed E-state index contributed by atoms with van der Waals surface area (Å²) < 4.78 is 32.1. The number of pyridine rings is 1. The molecule has 0 bridgehead atoms. The molecule has 0 atom stereocenters. The van der Waals surface area contributed by atoms with Gasteiger partial charge >= 0.3 is 0 Å². The van der Waals surface area contributed by atoms with Crippen LogP contribution in [0.4, 0.5) is 0 Å². The lowest BCUT2D eigenvalue weighted by atomic mass is 10.1. The van der Waals surface area contributed by atoms with Crippen LogP contribution in [0, 0.1) is 0 Å². The van der Waals surface area contributed by atoms with E-state index in [0.29, 0.717) is 15.7 Å². The summed E-state index contributed by atoms with van der Waals surface area (Å²) in [6.45, 7) is 1.57. The van der Waals surface area contributed by atoms with E-state index in [9.17, 15) is 18.3 Å². The number of benzene rings is 2. The smallest absolute Gasteiger partial charge is 0.290 e. The molecule has 8 nitrogen and oxygen atoms in total. The highest BCUT2D eigenvalue weighted by molar-refractivity contribution is 7.90. The molecule has 4 rings (SSSR count). The molecule has 0 saturated carbocycles. The highest BCUT2D eigenvalue weighted by Gasteiger charge is 2.38. The van der Waals surface area contributed by atoms with E-state index in [1.165, 1.54) is 24.4 Å². The Bertz CT molecular complexity index is 1330. The molecule has 1 N–H and O–H groups in total. The lowest BCUT2D eigenvalue weighted by Crippen LogP contribution is -2.29. The molecule has 1 aromatic heterocycles. The predicted molar refractivity (Wildman–Crippen MR) is 112 cm³/mol. The number of methoxy groups -OCH3 is 1. The van der Waals surface area contributed by atoms with Gasteiger partial charge < -0.3 is 9.84 Å². The molecule has 30 heavy (non-hydrogen) atoms. The third kappa shape index (κ3) is 3.18. The fraction of sp³-hybridized carbons (Fsp3) is 0.0952. The maximum atomic E-state index is 13.2. The number of carbonyl (C=O) groups is 1. The van der Waals surface area contributed by atoms with E-state index in [1.54, 1.807) is 50.4 Å². The normalized spacial score (nSPS) is 15.7. The molecular weight excluding hydrogens is 406 g/mol. The number of ether oxygens (including phenoxy) is 1. The number of phenols is 1. The van der Waals surface area contributed by atoms with Crippen molar-refractivity contribution in [1.82, 2.24) is 9.40 Å². The van der Waals surface area contributed by atoms with Crippen molar-refractivity contribution in [2.24, 2.45) is 5.10 Å². The van der Waals surface area contributed by atoms with Crippen molar-refractivity contribution in [2.45, 2.75) is 11.8 Å². The molecule has 0 spiro atoms. The summed E-state index contributed by atoms with van der Waals surface area (Å²) in [6, 6.07) is 12.5. The Hall–Kier alpha value is -3.72. The standard InChI is InChI=1S/C21H17N3O5S/c1-13-17(12-14-5-7-15(29-2)8-6-14)21(26)24(23-13)30(27,28)19-10-9-18(25)20-16(19)4-3-11-22-20/h3-12,25H,1-2H3/b17-12+. The summed E-state index contributed by atoms with van der Waals surface area (Å²) in [5.41, 5.74) is 1.28. The maximum absolute atomic E-state index is 13.2. The van der Waals surface area contributed by atoms with Gasteiger partial charge in [0.1, 0.15) is 17.0 Å². The van der Waals surface area contributed by atoms with Crippen LogP contribution in [0.3, 0.4) is 0 Å². The average Bonchev–Trinajstić information content (AvgIpc) is 3.03. The number of sulfonamides is 1. The number of aromatic hydroxyl groups is 1. The highest BCUT2D eigenvalue weighted by Crippen LogP contribution is 2.32. The molecule has 0 aliphatic carbocycles. The largest absolute Gasteiger partial charge is 0.506 e. The Kier molecular flexibility index (Phi) is 4.75. The summed E-state index contributed by atoms with van der Waals surface area (Å²) in [5.74, 6) is -0.247. The Balaban J connectivity index is 1.76. The summed E-state index contributed by atoms with van der Waals surface area (Å²) in [4.78, 5) is 16.8. The molecule has 2 heterocycles. The van der Waals surface area contributed by atoms with Gasteiger partial charge in [-0.25, -0.2) is 0 Å². The molecule has 0 radical (unpaired) electrons. The van der Waals surface area contributed by atoms with Gasteiger partial charge in [-0.05, 0) is 55.0 Å². The summed E-state index contributed by atoms with van der Waals surface area (Å²) in [5, 5.41) is 14.2. The predicted octanol–water partition coefficient (Wildman–Crippen LogP) is 2.94. The zero-order valence-corrected chi connectivity index (χ0v) is 16.9. The molecule has 1 amide bonds. The number of nitrogens with zero attached hydrogens (tertiary/aromatic N) is 3. The van der Waals surface area contributed by atoms with Crippen LogP contribution in [-0.4, -0.2) is 41.7 Å². The molecule has 0 fully saturated rings. The van der Waals surface area contributed by atoms with E-state index < -0.39 is 15.9 Å². The fourth-order valence-corrected chi connectivity index (χ4v) is 4.55.